The molecule has 8 heteroatoms. The van der Waals surface area contributed by atoms with Crippen LogP contribution in [-0.4, -0.2) is 62.7 Å². The van der Waals surface area contributed by atoms with Crippen LogP contribution in [0.25, 0.3) is 4.96 Å². The summed E-state index contributed by atoms with van der Waals surface area (Å²) in [5.41, 5.74) is 1.17. The number of benzene rings is 1. The Hall–Kier alpha value is -1.48. The van der Waals surface area contributed by atoms with E-state index < -0.39 is 0 Å². The maximum atomic E-state index is 10.8. The summed E-state index contributed by atoms with van der Waals surface area (Å²) in [7, 11) is 2.15. The number of likely N-dealkylation sites (N-methyl/N-ethyl adjacent to an activating group) is 1. The van der Waals surface area contributed by atoms with Gasteiger partial charge in [0.05, 0.1) is 10.9 Å². The molecule has 0 amide bonds. The van der Waals surface area contributed by atoms with E-state index in [1.807, 2.05) is 6.92 Å². The predicted octanol–water partition coefficient (Wildman–Crippen LogP) is 2.90. The highest BCUT2D eigenvalue weighted by atomic mass is 79.9. The quantitative estimate of drug-likeness (QED) is 0.704. The molecule has 0 unspecified atom stereocenters. The van der Waals surface area contributed by atoms with Gasteiger partial charge in [-0.3, -0.25) is 4.90 Å². The van der Waals surface area contributed by atoms with E-state index in [0.717, 1.165) is 40.5 Å². The van der Waals surface area contributed by atoms with Gasteiger partial charge in [-0.1, -0.05) is 39.4 Å². The van der Waals surface area contributed by atoms with Crippen molar-refractivity contribution in [3.8, 4) is 5.88 Å². The first-order valence-electron chi connectivity index (χ1n) is 8.26. The van der Waals surface area contributed by atoms with Gasteiger partial charge in [-0.15, -0.1) is 5.10 Å². The summed E-state index contributed by atoms with van der Waals surface area (Å²) < 4.78 is 2.60. The fraction of sp³-hybridized carbons (Fsp3) is 0.412. The minimum absolute atomic E-state index is 0.00982. The van der Waals surface area contributed by atoms with E-state index in [9.17, 15) is 5.11 Å². The van der Waals surface area contributed by atoms with Crippen molar-refractivity contribution in [1.29, 1.82) is 0 Å². The van der Waals surface area contributed by atoms with E-state index in [4.69, 9.17) is 0 Å². The van der Waals surface area contributed by atoms with Gasteiger partial charge >= 0.3 is 0 Å². The summed E-state index contributed by atoms with van der Waals surface area (Å²) in [6.07, 6.45) is 0. The average Bonchev–Trinajstić information content (AvgIpc) is 3.09. The van der Waals surface area contributed by atoms with Crippen molar-refractivity contribution in [2.45, 2.75) is 13.0 Å². The third-order valence-electron chi connectivity index (χ3n) is 4.64. The Kier molecular flexibility index (Phi) is 4.53. The van der Waals surface area contributed by atoms with Crippen LogP contribution >= 0.6 is 27.3 Å². The normalized spacial score (nSPS) is 18.0. The van der Waals surface area contributed by atoms with Crippen LogP contribution < -0.4 is 0 Å². The van der Waals surface area contributed by atoms with Crippen LogP contribution in [0.3, 0.4) is 0 Å². The first kappa shape index (κ1) is 17.0. The van der Waals surface area contributed by atoms with Gasteiger partial charge < -0.3 is 10.0 Å². The largest absolute Gasteiger partial charge is 0.492 e. The summed E-state index contributed by atoms with van der Waals surface area (Å²) in [6.45, 7) is 5.81. The Morgan fingerprint density at radius 2 is 1.84 bits per heavy atom. The molecule has 1 N–H and O–H groups in total. The number of aryl methyl sites for hydroxylation is 1. The van der Waals surface area contributed by atoms with E-state index in [1.165, 1.54) is 16.9 Å². The fourth-order valence-electron chi connectivity index (χ4n) is 3.28. The highest BCUT2D eigenvalue weighted by molar-refractivity contribution is 9.10. The molecule has 3 aromatic rings. The molecule has 1 saturated heterocycles. The molecular weight excluding hydrogens is 402 g/mol. The molecule has 1 aliphatic rings. The third-order valence-corrected chi connectivity index (χ3v) is 6.24. The fourth-order valence-corrected chi connectivity index (χ4v) is 4.71. The Balaban J connectivity index is 1.79. The zero-order valence-corrected chi connectivity index (χ0v) is 16.6. The number of rotatable bonds is 3. The van der Waals surface area contributed by atoms with Crippen LogP contribution in [0.1, 0.15) is 22.3 Å². The van der Waals surface area contributed by atoms with Gasteiger partial charge in [0.2, 0.25) is 10.8 Å². The van der Waals surface area contributed by atoms with Gasteiger partial charge in [-0.05, 0) is 31.7 Å². The molecular formula is C17H20BrN5OS. The number of hydrogen-bond donors (Lipinski definition) is 1. The van der Waals surface area contributed by atoms with Gasteiger partial charge in [0, 0.05) is 30.7 Å². The van der Waals surface area contributed by atoms with Gasteiger partial charge in [0.1, 0.15) is 5.82 Å². The van der Waals surface area contributed by atoms with Crippen molar-refractivity contribution in [2.24, 2.45) is 0 Å². The molecule has 1 aromatic carbocycles. The molecule has 0 spiro atoms. The molecule has 2 aromatic heterocycles. The number of aromatic nitrogens is 3. The Morgan fingerprint density at radius 3 is 2.48 bits per heavy atom. The molecule has 132 valence electrons. The molecule has 0 radical (unpaired) electrons. The highest BCUT2D eigenvalue weighted by Crippen LogP contribution is 2.40. The summed E-state index contributed by atoms with van der Waals surface area (Å²) in [5.74, 6) is 0.875. The lowest BCUT2D eigenvalue weighted by molar-refractivity contribution is 0.127. The molecule has 0 bridgehead atoms. The molecule has 6 nitrogen and oxygen atoms in total. The zero-order chi connectivity index (χ0) is 17.6. The lowest BCUT2D eigenvalue weighted by Gasteiger charge is -2.37. The number of fused-ring (bicyclic) bond motifs is 1. The first-order valence-corrected chi connectivity index (χ1v) is 9.87. The Morgan fingerprint density at radius 1 is 1.16 bits per heavy atom. The number of thiazole rings is 1. The number of aromatic hydroxyl groups is 1. The molecule has 25 heavy (non-hydrogen) atoms. The molecule has 0 aliphatic carbocycles. The molecule has 0 saturated carbocycles. The van der Waals surface area contributed by atoms with Crippen molar-refractivity contribution in [2.75, 3.05) is 33.2 Å². The average molecular weight is 422 g/mol. The summed E-state index contributed by atoms with van der Waals surface area (Å²) in [4.78, 5) is 10.8. The van der Waals surface area contributed by atoms with Crippen molar-refractivity contribution >= 4 is 32.2 Å². The van der Waals surface area contributed by atoms with Crippen LogP contribution in [0.15, 0.2) is 28.7 Å². The number of piperazine rings is 1. The third kappa shape index (κ3) is 3.19. The summed E-state index contributed by atoms with van der Waals surface area (Å²) in [5, 5.41) is 15.1. The molecule has 1 atom stereocenters. The second-order valence-corrected chi connectivity index (χ2v) is 8.36. The second kappa shape index (κ2) is 6.68. The molecule has 4 rings (SSSR count). The number of halogens is 1. The maximum Gasteiger partial charge on any atom is 0.230 e. The van der Waals surface area contributed by atoms with Gasteiger partial charge in [-0.2, -0.15) is 4.52 Å². The van der Waals surface area contributed by atoms with Crippen LogP contribution in [0.5, 0.6) is 5.88 Å². The van der Waals surface area contributed by atoms with Crippen molar-refractivity contribution < 1.29 is 5.11 Å². The lowest BCUT2D eigenvalue weighted by Crippen LogP contribution is -2.46. The Bertz CT molecular complexity index is 882. The SMILES string of the molecule is Cc1nc2sc([C@H](c3ccc(Br)cc3)N3CCN(C)CC3)c(O)n2n1. The van der Waals surface area contributed by atoms with Crippen LogP contribution in [-0.2, 0) is 0 Å². The number of nitrogens with zero attached hydrogens (tertiary/aromatic N) is 5. The van der Waals surface area contributed by atoms with Crippen LogP contribution in [0, 0.1) is 6.92 Å². The van der Waals surface area contributed by atoms with Gasteiger partial charge in [0.15, 0.2) is 0 Å². The van der Waals surface area contributed by atoms with E-state index in [2.05, 4.69) is 67.1 Å². The van der Waals surface area contributed by atoms with E-state index in [-0.39, 0.29) is 11.9 Å². The van der Waals surface area contributed by atoms with E-state index in [1.54, 1.807) is 4.52 Å². The monoisotopic (exact) mass is 421 g/mol. The Labute approximate surface area is 158 Å². The molecule has 1 aliphatic heterocycles. The van der Waals surface area contributed by atoms with Gasteiger partial charge in [-0.25, -0.2) is 4.98 Å². The molecule has 1 fully saturated rings. The standard InChI is InChI=1S/C17H20BrN5OS/c1-11-19-17-23(20-11)16(24)15(25-17)14(12-3-5-13(18)6-4-12)22-9-7-21(2)8-10-22/h3-6,14,24H,7-10H2,1-2H3/t14-/m0/s1. The zero-order valence-electron chi connectivity index (χ0n) is 14.2. The summed E-state index contributed by atoms with van der Waals surface area (Å²) >= 11 is 5.03. The second-order valence-electron chi connectivity index (χ2n) is 6.44. The van der Waals surface area contributed by atoms with Gasteiger partial charge in [0.25, 0.3) is 0 Å². The van der Waals surface area contributed by atoms with Crippen molar-refractivity contribution in [1.82, 2.24) is 24.4 Å². The summed E-state index contributed by atoms with van der Waals surface area (Å²) in [6, 6.07) is 8.35. The minimum Gasteiger partial charge on any atom is -0.492 e. The number of hydrogen-bond acceptors (Lipinski definition) is 6. The predicted molar refractivity (Wildman–Crippen MR) is 102 cm³/mol. The molecule has 3 heterocycles. The van der Waals surface area contributed by atoms with E-state index >= 15 is 0 Å². The lowest BCUT2D eigenvalue weighted by atomic mass is 10.0. The maximum absolute atomic E-state index is 10.8. The van der Waals surface area contributed by atoms with Crippen LogP contribution in [0.2, 0.25) is 0 Å². The van der Waals surface area contributed by atoms with Crippen molar-refractivity contribution in [3.63, 3.8) is 0 Å². The van der Waals surface area contributed by atoms with Crippen LogP contribution in [0.4, 0.5) is 0 Å². The minimum atomic E-state index is 0.00982. The topological polar surface area (TPSA) is 56.9 Å². The smallest absolute Gasteiger partial charge is 0.230 e. The van der Waals surface area contributed by atoms with Crippen molar-refractivity contribution in [3.05, 3.63) is 45.0 Å². The highest BCUT2D eigenvalue weighted by Gasteiger charge is 2.31. The van der Waals surface area contributed by atoms with E-state index in [0.29, 0.717) is 5.82 Å². The first-order chi connectivity index (χ1) is 12.0.